The van der Waals surface area contributed by atoms with E-state index in [-0.39, 0.29) is 22.3 Å². The van der Waals surface area contributed by atoms with Gasteiger partial charge in [0.05, 0.1) is 11.5 Å². The average molecular weight is 459 g/mol. The maximum atomic E-state index is 12.3. The number of fused-ring (bicyclic) bond motifs is 7. The van der Waals surface area contributed by atoms with Crippen molar-refractivity contribution < 1.29 is 15.0 Å². The van der Waals surface area contributed by atoms with E-state index in [4.69, 9.17) is 0 Å². The van der Waals surface area contributed by atoms with Gasteiger partial charge in [-0.15, -0.1) is 0 Å². The number of aliphatic hydroxyl groups is 1. The summed E-state index contributed by atoms with van der Waals surface area (Å²) >= 11 is 0. The molecule has 0 aromatic heterocycles. The third-order valence-corrected chi connectivity index (χ3v) is 14.2. The van der Waals surface area contributed by atoms with Gasteiger partial charge in [0.2, 0.25) is 0 Å². The molecule has 188 valence electrons. The normalized spacial score (nSPS) is 60.7. The largest absolute Gasteiger partial charge is 0.481 e. The monoisotopic (exact) mass is 458 g/mol. The van der Waals surface area contributed by atoms with Gasteiger partial charge in [0.1, 0.15) is 0 Å². The molecule has 5 rings (SSSR count). The summed E-state index contributed by atoms with van der Waals surface area (Å²) in [5.74, 6) is 1.73. The van der Waals surface area contributed by atoms with Crippen LogP contribution in [0.2, 0.25) is 0 Å². The standard InChI is InChI=1S/C30H50O3/c1-19-20(31)8-9-21-27(19,4)11-10-22-28(21,5)15-17-30(7)23-18-26(3,24(32)33)13-12-25(23,2)14-16-29(22,30)6/h19-23,31H,8-18H2,1-7H3,(H,32,33)/t19-,20-,21?,22?,23?,25+,26+,27+,28-,29+,30-/m0/s1. The number of carboxylic acid groups (broad SMARTS) is 1. The minimum Gasteiger partial charge on any atom is -0.481 e. The molecule has 5 saturated carbocycles. The van der Waals surface area contributed by atoms with E-state index < -0.39 is 11.4 Å². The van der Waals surface area contributed by atoms with Gasteiger partial charge in [0, 0.05) is 0 Å². The van der Waals surface area contributed by atoms with Gasteiger partial charge in [-0.2, -0.15) is 0 Å². The van der Waals surface area contributed by atoms with Crippen LogP contribution >= 0.6 is 0 Å². The molecule has 0 radical (unpaired) electrons. The number of hydrogen-bond donors (Lipinski definition) is 2. The number of carbonyl (C=O) groups is 1. The predicted molar refractivity (Wildman–Crippen MR) is 133 cm³/mol. The van der Waals surface area contributed by atoms with Crippen LogP contribution in [0.5, 0.6) is 0 Å². The first-order valence-electron chi connectivity index (χ1n) is 14.1. The Bertz CT molecular complexity index is 838. The summed E-state index contributed by atoms with van der Waals surface area (Å²) in [5, 5.41) is 20.9. The molecule has 0 spiro atoms. The van der Waals surface area contributed by atoms with E-state index in [0.29, 0.717) is 34.5 Å². The molecule has 5 fully saturated rings. The Balaban J connectivity index is 1.54. The zero-order valence-electron chi connectivity index (χ0n) is 22.5. The van der Waals surface area contributed by atoms with Crippen LogP contribution in [-0.4, -0.2) is 22.3 Å². The molecule has 11 atom stereocenters. The van der Waals surface area contributed by atoms with Crippen LogP contribution in [0.1, 0.15) is 119 Å². The molecule has 3 nitrogen and oxygen atoms in total. The Morgan fingerprint density at radius 1 is 0.697 bits per heavy atom. The zero-order chi connectivity index (χ0) is 24.2. The molecule has 0 aliphatic heterocycles. The lowest BCUT2D eigenvalue weighted by molar-refractivity contribution is -0.263. The molecular formula is C30H50O3. The summed E-state index contributed by atoms with van der Waals surface area (Å²) in [7, 11) is 0. The Hall–Kier alpha value is -0.570. The SMILES string of the molecule is C[C@H]1[C@@H](O)CCC2[C@]3(C)CC[C@@]4(C)C5C[C@](C)(C(=O)O)CC[C@]5(C)CC[C@]4(C)C3CC[C@@]21C. The second-order valence-electron chi connectivity index (χ2n) is 15.2. The molecule has 0 amide bonds. The summed E-state index contributed by atoms with van der Waals surface area (Å²) in [4.78, 5) is 12.3. The minimum absolute atomic E-state index is 0.137. The first-order chi connectivity index (χ1) is 15.2. The van der Waals surface area contributed by atoms with E-state index in [1.807, 2.05) is 6.92 Å². The van der Waals surface area contributed by atoms with Crippen molar-refractivity contribution in [3.05, 3.63) is 0 Å². The van der Waals surface area contributed by atoms with Crippen molar-refractivity contribution in [2.75, 3.05) is 0 Å². The van der Waals surface area contributed by atoms with Crippen molar-refractivity contribution in [1.82, 2.24) is 0 Å². The number of carboxylic acids is 1. The highest BCUT2D eigenvalue weighted by Crippen LogP contribution is 2.78. The Morgan fingerprint density at radius 3 is 1.97 bits per heavy atom. The van der Waals surface area contributed by atoms with Gasteiger partial charge in [-0.25, -0.2) is 0 Å². The minimum atomic E-state index is -0.579. The molecular weight excluding hydrogens is 408 g/mol. The van der Waals surface area contributed by atoms with Gasteiger partial charge in [-0.05, 0) is 128 Å². The van der Waals surface area contributed by atoms with Crippen LogP contribution in [0.3, 0.4) is 0 Å². The molecule has 5 aliphatic rings. The molecule has 0 saturated heterocycles. The first-order valence-corrected chi connectivity index (χ1v) is 14.1. The van der Waals surface area contributed by atoms with Gasteiger partial charge < -0.3 is 10.2 Å². The predicted octanol–water partition coefficient (Wildman–Crippen LogP) is 7.31. The highest BCUT2D eigenvalue weighted by molar-refractivity contribution is 5.74. The summed E-state index contributed by atoms with van der Waals surface area (Å²) in [5.41, 5.74) is 0.823. The Kier molecular flexibility index (Phi) is 5.13. The van der Waals surface area contributed by atoms with Crippen molar-refractivity contribution >= 4 is 5.97 Å². The number of aliphatic carboxylic acids is 1. The van der Waals surface area contributed by atoms with E-state index >= 15 is 0 Å². The summed E-state index contributed by atoms with van der Waals surface area (Å²) < 4.78 is 0. The quantitative estimate of drug-likeness (QED) is 0.433. The van der Waals surface area contributed by atoms with Crippen molar-refractivity contribution in [2.24, 2.45) is 56.2 Å². The Labute approximate surface area is 202 Å². The smallest absolute Gasteiger partial charge is 0.309 e. The van der Waals surface area contributed by atoms with Crippen LogP contribution in [-0.2, 0) is 4.79 Å². The number of hydrogen-bond acceptors (Lipinski definition) is 2. The van der Waals surface area contributed by atoms with Crippen LogP contribution in [0, 0.1) is 56.2 Å². The number of rotatable bonds is 1. The second-order valence-corrected chi connectivity index (χ2v) is 15.2. The third kappa shape index (κ3) is 2.87. The van der Waals surface area contributed by atoms with Gasteiger partial charge >= 0.3 is 5.97 Å². The van der Waals surface area contributed by atoms with Crippen LogP contribution in [0.4, 0.5) is 0 Å². The Morgan fingerprint density at radius 2 is 1.30 bits per heavy atom. The van der Waals surface area contributed by atoms with Crippen molar-refractivity contribution in [1.29, 1.82) is 0 Å². The van der Waals surface area contributed by atoms with Crippen LogP contribution in [0.15, 0.2) is 0 Å². The van der Waals surface area contributed by atoms with Crippen molar-refractivity contribution in [2.45, 2.75) is 125 Å². The zero-order valence-corrected chi connectivity index (χ0v) is 22.5. The fourth-order valence-electron chi connectivity index (χ4n) is 11.4. The van der Waals surface area contributed by atoms with Gasteiger partial charge in [-0.1, -0.05) is 41.5 Å². The molecule has 2 N–H and O–H groups in total. The summed E-state index contributed by atoms with van der Waals surface area (Å²) in [6.07, 6.45) is 12.4. The van der Waals surface area contributed by atoms with E-state index in [1.54, 1.807) is 0 Å². The average Bonchev–Trinajstić information content (AvgIpc) is 2.74. The fourth-order valence-corrected chi connectivity index (χ4v) is 11.4. The highest BCUT2D eigenvalue weighted by atomic mass is 16.4. The molecule has 0 aromatic carbocycles. The molecule has 33 heavy (non-hydrogen) atoms. The van der Waals surface area contributed by atoms with E-state index in [1.165, 1.54) is 44.9 Å². The molecule has 0 heterocycles. The fraction of sp³-hybridized carbons (Fsp3) is 0.967. The lowest BCUT2D eigenvalue weighted by Gasteiger charge is -2.75. The molecule has 3 heteroatoms. The maximum absolute atomic E-state index is 12.3. The summed E-state index contributed by atoms with van der Waals surface area (Å²) in [6, 6.07) is 0. The second kappa shape index (κ2) is 7.01. The third-order valence-electron chi connectivity index (χ3n) is 14.2. The van der Waals surface area contributed by atoms with E-state index in [2.05, 4.69) is 41.5 Å². The van der Waals surface area contributed by atoms with Crippen LogP contribution in [0.25, 0.3) is 0 Å². The molecule has 5 aliphatic carbocycles. The van der Waals surface area contributed by atoms with Crippen molar-refractivity contribution in [3.8, 4) is 0 Å². The van der Waals surface area contributed by atoms with Gasteiger partial charge in [0.25, 0.3) is 0 Å². The molecule has 3 unspecified atom stereocenters. The van der Waals surface area contributed by atoms with Gasteiger partial charge in [0.15, 0.2) is 0 Å². The molecule has 0 bridgehead atoms. The van der Waals surface area contributed by atoms with E-state index in [0.717, 1.165) is 25.7 Å². The summed E-state index contributed by atoms with van der Waals surface area (Å²) in [6.45, 7) is 17.2. The maximum Gasteiger partial charge on any atom is 0.309 e. The number of aliphatic hydroxyl groups excluding tert-OH is 1. The van der Waals surface area contributed by atoms with E-state index in [9.17, 15) is 15.0 Å². The first kappa shape index (κ1) is 24.1. The van der Waals surface area contributed by atoms with Gasteiger partial charge in [-0.3, -0.25) is 4.79 Å². The lowest BCUT2D eigenvalue weighted by atomic mass is 9.30. The highest BCUT2D eigenvalue weighted by Gasteiger charge is 2.71. The van der Waals surface area contributed by atoms with Crippen LogP contribution < -0.4 is 0 Å². The van der Waals surface area contributed by atoms with Crippen molar-refractivity contribution in [3.63, 3.8) is 0 Å². The lowest BCUT2D eigenvalue weighted by Crippen LogP contribution is -2.68. The molecule has 0 aromatic rings. The topological polar surface area (TPSA) is 57.5 Å².